The fourth-order valence-corrected chi connectivity index (χ4v) is 3.45. The van der Waals surface area contributed by atoms with Gasteiger partial charge in [-0.05, 0) is 48.5 Å². The predicted octanol–water partition coefficient (Wildman–Crippen LogP) is 5.95. The van der Waals surface area contributed by atoms with Crippen LogP contribution in [0.2, 0.25) is 0 Å². The SMILES string of the molecule is Fc1ccc(-c2ccn(-c3ccccc3-n3ccc(-c4ccc(F)cc4F)n3)n2)c(F)c1. The van der Waals surface area contributed by atoms with Crippen molar-refractivity contribution < 1.29 is 17.6 Å². The monoisotopic (exact) mass is 434 g/mol. The molecule has 0 atom stereocenters. The van der Waals surface area contributed by atoms with E-state index in [-0.39, 0.29) is 11.1 Å². The van der Waals surface area contributed by atoms with Crippen molar-refractivity contribution in [2.75, 3.05) is 0 Å². The normalized spacial score (nSPS) is 11.1. The van der Waals surface area contributed by atoms with Crippen molar-refractivity contribution in [2.24, 2.45) is 0 Å². The van der Waals surface area contributed by atoms with Crippen LogP contribution < -0.4 is 0 Å². The quantitative estimate of drug-likeness (QED) is 0.328. The molecule has 2 aromatic heterocycles. The Hall–Kier alpha value is -4.20. The molecule has 0 aliphatic carbocycles. The summed E-state index contributed by atoms with van der Waals surface area (Å²) in [5, 5.41) is 8.86. The highest BCUT2D eigenvalue weighted by Gasteiger charge is 2.14. The van der Waals surface area contributed by atoms with E-state index in [1.54, 1.807) is 46.0 Å². The van der Waals surface area contributed by atoms with Gasteiger partial charge in [0.05, 0.1) is 22.8 Å². The zero-order valence-corrected chi connectivity index (χ0v) is 16.4. The summed E-state index contributed by atoms with van der Waals surface area (Å²) in [6.45, 7) is 0. The van der Waals surface area contributed by atoms with Crippen molar-refractivity contribution in [1.82, 2.24) is 19.6 Å². The number of aromatic nitrogens is 4. The minimum absolute atomic E-state index is 0.177. The largest absolute Gasteiger partial charge is 0.238 e. The lowest BCUT2D eigenvalue weighted by Gasteiger charge is -2.09. The second-order valence-electron chi connectivity index (χ2n) is 7.03. The van der Waals surface area contributed by atoms with Crippen molar-refractivity contribution in [1.29, 1.82) is 0 Å². The number of para-hydroxylation sites is 2. The molecule has 5 aromatic rings. The molecule has 4 nitrogen and oxygen atoms in total. The minimum atomic E-state index is -0.707. The maximum Gasteiger partial charge on any atom is 0.135 e. The Kier molecular flexibility index (Phi) is 4.82. The van der Waals surface area contributed by atoms with Crippen LogP contribution in [0.3, 0.4) is 0 Å². The topological polar surface area (TPSA) is 35.6 Å². The fraction of sp³-hybridized carbons (Fsp3) is 0. The fourth-order valence-electron chi connectivity index (χ4n) is 3.45. The molecule has 2 heterocycles. The molecule has 3 aromatic carbocycles. The van der Waals surface area contributed by atoms with Gasteiger partial charge < -0.3 is 0 Å². The average molecular weight is 434 g/mol. The lowest BCUT2D eigenvalue weighted by Crippen LogP contribution is -2.04. The summed E-state index contributed by atoms with van der Waals surface area (Å²) < 4.78 is 57.9. The molecule has 0 radical (unpaired) electrons. The molecule has 0 aliphatic rings. The standard InChI is InChI=1S/C24H14F4N4/c25-15-5-7-17(19(27)13-15)21-9-11-31(29-21)23-3-1-2-4-24(23)32-12-10-22(30-32)18-8-6-16(26)14-20(18)28/h1-14H. The highest BCUT2D eigenvalue weighted by atomic mass is 19.1. The Balaban J connectivity index is 1.53. The summed E-state index contributed by atoms with van der Waals surface area (Å²) in [6, 6.07) is 17.1. The maximum absolute atomic E-state index is 14.2. The van der Waals surface area contributed by atoms with E-state index in [1.165, 1.54) is 24.3 Å². The van der Waals surface area contributed by atoms with Gasteiger partial charge in [-0.25, -0.2) is 26.9 Å². The van der Waals surface area contributed by atoms with Crippen LogP contribution >= 0.6 is 0 Å². The number of hydrogen-bond acceptors (Lipinski definition) is 2. The summed E-state index contributed by atoms with van der Waals surface area (Å²) in [4.78, 5) is 0. The van der Waals surface area contributed by atoms with Crippen LogP contribution in [0, 0.1) is 23.3 Å². The molecule has 32 heavy (non-hydrogen) atoms. The zero-order chi connectivity index (χ0) is 22.2. The summed E-state index contributed by atoms with van der Waals surface area (Å²) in [7, 11) is 0. The Labute approximate surface area is 180 Å². The molecule has 0 spiro atoms. The molecule has 0 saturated heterocycles. The van der Waals surface area contributed by atoms with Gasteiger partial charge in [0.2, 0.25) is 0 Å². The molecule has 0 fully saturated rings. The lowest BCUT2D eigenvalue weighted by molar-refractivity contribution is 0.584. The van der Waals surface area contributed by atoms with E-state index in [0.29, 0.717) is 22.8 Å². The van der Waals surface area contributed by atoms with Crippen molar-refractivity contribution >= 4 is 0 Å². The van der Waals surface area contributed by atoms with E-state index < -0.39 is 23.3 Å². The number of benzene rings is 3. The number of halogens is 4. The first-order valence-electron chi connectivity index (χ1n) is 9.61. The summed E-state index contributed by atoms with van der Waals surface area (Å²) in [6.07, 6.45) is 3.31. The van der Waals surface area contributed by atoms with Gasteiger partial charge in [-0.3, -0.25) is 0 Å². The molecule has 0 unspecified atom stereocenters. The molecular weight excluding hydrogens is 420 g/mol. The van der Waals surface area contributed by atoms with Gasteiger partial charge in [-0.1, -0.05) is 12.1 Å². The van der Waals surface area contributed by atoms with Crippen LogP contribution in [0.4, 0.5) is 17.6 Å². The van der Waals surface area contributed by atoms with Gasteiger partial charge in [-0.2, -0.15) is 10.2 Å². The Bertz CT molecular complexity index is 1330. The molecule has 0 saturated carbocycles. The first-order valence-corrected chi connectivity index (χ1v) is 9.61. The number of hydrogen-bond donors (Lipinski definition) is 0. The third-order valence-electron chi connectivity index (χ3n) is 4.97. The van der Waals surface area contributed by atoms with Gasteiger partial charge in [0.15, 0.2) is 0 Å². The predicted molar refractivity (Wildman–Crippen MR) is 111 cm³/mol. The van der Waals surface area contributed by atoms with E-state index in [2.05, 4.69) is 10.2 Å². The van der Waals surface area contributed by atoms with Gasteiger partial charge in [0.25, 0.3) is 0 Å². The second kappa shape index (κ2) is 7.81. The first kappa shape index (κ1) is 19.7. The van der Waals surface area contributed by atoms with E-state index in [0.717, 1.165) is 12.1 Å². The number of nitrogens with zero attached hydrogens (tertiary/aromatic N) is 4. The molecular formula is C24H14F4N4. The highest BCUT2D eigenvalue weighted by Crippen LogP contribution is 2.26. The van der Waals surface area contributed by atoms with E-state index in [4.69, 9.17) is 0 Å². The molecule has 5 rings (SSSR count). The summed E-state index contributed by atoms with van der Waals surface area (Å²) in [5.74, 6) is -2.74. The van der Waals surface area contributed by atoms with Gasteiger partial charge >= 0.3 is 0 Å². The lowest BCUT2D eigenvalue weighted by atomic mass is 10.1. The Morgan fingerprint density at radius 3 is 1.38 bits per heavy atom. The third-order valence-corrected chi connectivity index (χ3v) is 4.97. The average Bonchev–Trinajstić information content (AvgIpc) is 3.44. The van der Waals surface area contributed by atoms with Crippen LogP contribution in [0.25, 0.3) is 33.9 Å². The maximum atomic E-state index is 14.2. The summed E-state index contributed by atoms with van der Waals surface area (Å²) in [5.41, 5.74) is 2.30. The molecule has 0 aliphatic heterocycles. The van der Waals surface area contributed by atoms with Crippen molar-refractivity contribution in [3.05, 3.63) is 108 Å². The van der Waals surface area contributed by atoms with Crippen LogP contribution in [0.1, 0.15) is 0 Å². The molecule has 158 valence electrons. The van der Waals surface area contributed by atoms with Crippen molar-refractivity contribution in [2.45, 2.75) is 0 Å². The van der Waals surface area contributed by atoms with Gasteiger partial charge in [0.1, 0.15) is 23.3 Å². The van der Waals surface area contributed by atoms with E-state index in [1.807, 2.05) is 12.1 Å². The highest BCUT2D eigenvalue weighted by molar-refractivity contribution is 5.62. The smallest absolute Gasteiger partial charge is 0.135 e. The molecule has 0 bridgehead atoms. The Morgan fingerprint density at radius 1 is 0.531 bits per heavy atom. The molecule has 0 amide bonds. The second-order valence-corrected chi connectivity index (χ2v) is 7.03. The third kappa shape index (κ3) is 3.56. The summed E-state index contributed by atoms with van der Waals surface area (Å²) >= 11 is 0. The molecule has 8 heteroatoms. The van der Waals surface area contributed by atoms with Gasteiger partial charge in [0, 0.05) is 35.7 Å². The minimum Gasteiger partial charge on any atom is -0.238 e. The van der Waals surface area contributed by atoms with Crippen LogP contribution in [-0.4, -0.2) is 19.6 Å². The van der Waals surface area contributed by atoms with E-state index >= 15 is 0 Å². The Morgan fingerprint density at radius 2 is 0.969 bits per heavy atom. The van der Waals surface area contributed by atoms with Gasteiger partial charge in [-0.15, -0.1) is 0 Å². The van der Waals surface area contributed by atoms with Crippen molar-refractivity contribution in [3.8, 4) is 33.9 Å². The van der Waals surface area contributed by atoms with Crippen LogP contribution in [-0.2, 0) is 0 Å². The molecule has 0 N–H and O–H groups in total. The zero-order valence-electron chi connectivity index (χ0n) is 16.4. The first-order chi connectivity index (χ1) is 15.5. The van der Waals surface area contributed by atoms with Crippen LogP contribution in [0.15, 0.2) is 85.2 Å². The van der Waals surface area contributed by atoms with Crippen LogP contribution in [0.5, 0.6) is 0 Å². The number of rotatable bonds is 4. The van der Waals surface area contributed by atoms with E-state index in [9.17, 15) is 17.6 Å². The van der Waals surface area contributed by atoms with Crippen molar-refractivity contribution in [3.63, 3.8) is 0 Å².